The van der Waals surface area contributed by atoms with Gasteiger partial charge in [0.25, 0.3) is 0 Å². The fourth-order valence-corrected chi connectivity index (χ4v) is 0.463. The van der Waals surface area contributed by atoms with Crippen LogP contribution >= 0.6 is 0 Å². The summed E-state index contributed by atoms with van der Waals surface area (Å²) in [6.45, 7) is 11.9. The van der Waals surface area contributed by atoms with Gasteiger partial charge >= 0.3 is 0 Å². The molecule has 0 aromatic carbocycles. The summed E-state index contributed by atoms with van der Waals surface area (Å²) in [6.07, 6.45) is 3.95. The molecule has 0 aromatic rings. The van der Waals surface area contributed by atoms with Crippen LogP contribution in [0.3, 0.4) is 0 Å². The maximum absolute atomic E-state index is 5.27. The third-order valence-corrected chi connectivity index (χ3v) is 1.63. The summed E-state index contributed by atoms with van der Waals surface area (Å²) in [7, 11) is 0. The Morgan fingerprint density at radius 2 is 2.00 bits per heavy atom. The second-order valence-corrected chi connectivity index (χ2v) is 2.96. The quantitative estimate of drug-likeness (QED) is 0.525. The lowest BCUT2D eigenvalue weighted by atomic mass is 9.87. The Kier molecular flexibility index (Phi) is 2.81. The van der Waals surface area contributed by atoms with E-state index in [0.717, 1.165) is 6.42 Å². The van der Waals surface area contributed by atoms with E-state index >= 15 is 0 Å². The van der Waals surface area contributed by atoms with Crippen LogP contribution in [0.15, 0.2) is 6.08 Å². The Labute approximate surface area is 52.6 Å². The lowest BCUT2D eigenvalue weighted by Gasteiger charge is -2.19. The van der Waals surface area contributed by atoms with E-state index in [1.54, 1.807) is 6.08 Å². The van der Waals surface area contributed by atoms with E-state index < -0.39 is 0 Å². The number of rotatable bonds is 3. The van der Waals surface area contributed by atoms with E-state index in [4.69, 9.17) is 6.58 Å². The van der Waals surface area contributed by atoms with E-state index in [1.165, 1.54) is 6.42 Å². The zero-order valence-corrected chi connectivity index (χ0v) is 6.07. The van der Waals surface area contributed by atoms with Gasteiger partial charge < -0.3 is 0 Å². The lowest BCUT2D eigenvalue weighted by molar-refractivity contribution is 0.357. The molecule has 8 heavy (non-hydrogen) atoms. The summed E-state index contributed by atoms with van der Waals surface area (Å²) in [5, 5.41) is 0. The Morgan fingerprint density at radius 3 is 2.12 bits per heavy atom. The minimum Gasteiger partial charge on any atom is -0.0840 e. The molecule has 0 aromatic heterocycles. The molecule has 0 fully saturated rings. The molecular weight excluding hydrogens is 96.1 g/mol. The number of hydrogen-bond acceptors (Lipinski definition) is 0. The Morgan fingerprint density at radius 1 is 1.50 bits per heavy atom. The Bertz CT molecular complexity index is 70.1. The van der Waals surface area contributed by atoms with Crippen LogP contribution in [0.25, 0.3) is 0 Å². The van der Waals surface area contributed by atoms with Crippen molar-refractivity contribution >= 4 is 0 Å². The summed E-state index contributed by atoms with van der Waals surface area (Å²) < 4.78 is 0. The van der Waals surface area contributed by atoms with E-state index in [1.807, 2.05) is 0 Å². The number of allylic oxidation sites excluding steroid dienone is 1. The van der Waals surface area contributed by atoms with Gasteiger partial charge in [-0.3, -0.25) is 0 Å². The molecule has 0 N–H and O–H groups in total. The normalized spacial score (nSPS) is 11.4. The van der Waals surface area contributed by atoms with Crippen molar-refractivity contribution < 1.29 is 0 Å². The highest BCUT2D eigenvalue weighted by Gasteiger charge is 2.10. The lowest BCUT2D eigenvalue weighted by Crippen LogP contribution is -2.06. The van der Waals surface area contributed by atoms with Gasteiger partial charge in [-0.1, -0.05) is 39.8 Å². The third kappa shape index (κ3) is 2.84. The largest absolute Gasteiger partial charge is 0.0840 e. The Hall–Kier alpha value is -0.260. The van der Waals surface area contributed by atoms with E-state index in [2.05, 4.69) is 20.8 Å². The van der Waals surface area contributed by atoms with Crippen molar-refractivity contribution in [3.63, 3.8) is 0 Å². The molecule has 47 valence electrons. The van der Waals surface area contributed by atoms with Gasteiger partial charge in [0.15, 0.2) is 0 Å². The van der Waals surface area contributed by atoms with Gasteiger partial charge in [0.1, 0.15) is 0 Å². The van der Waals surface area contributed by atoms with E-state index in [0.29, 0.717) is 5.41 Å². The van der Waals surface area contributed by atoms with Crippen molar-refractivity contribution in [1.82, 2.24) is 0 Å². The van der Waals surface area contributed by atoms with Crippen molar-refractivity contribution in [2.75, 3.05) is 0 Å². The first-order valence-corrected chi connectivity index (χ1v) is 3.16. The molecule has 0 nitrogen and oxygen atoms in total. The molecule has 0 atom stereocenters. The predicted octanol–water partition coefficient (Wildman–Crippen LogP) is 2.80. The molecule has 0 aliphatic carbocycles. The van der Waals surface area contributed by atoms with Crippen molar-refractivity contribution in [3.8, 4) is 0 Å². The van der Waals surface area contributed by atoms with Crippen LogP contribution in [0.4, 0.5) is 0 Å². The van der Waals surface area contributed by atoms with Gasteiger partial charge in [-0.2, -0.15) is 0 Å². The second kappa shape index (κ2) is 2.91. The number of hydrogen-bond donors (Lipinski definition) is 0. The zero-order chi connectivity index (χ0) is 6.62. The SMILES string of the molecule is [CH]=CCC(C)(C)CC. The molecule has 0 saturated carbocycles. The highest BCUT2D eigenvalue weighted by Crippen LogP contribution is 2.23. The highest BCUT2D eigenvalue weighted by molar-refractivity contribution is 4.75. The van der Waals surface area contributed by atoms with Crippen molar-refractivity contribution in [1.29, 1.82) is 0 Å². The Balaban J connectivity index is 3.53. The molecule has 0 saturated heterocycles. The standard InChI is InChI=1S/C8H15/c1-5-7-8(3,4)6-2/h1,5H,6-7H2,2-4H3. The maximum atomic E-state index is 5.27. The second-order valence-electron chi connectivity index (χ2n) is 2.96. The van der Waals surface area contributed by atoms with Crippen LogP contribution in [0, 0.1) is 12.0 Å². The minimum atomic E-state index is 0.411. The topological polar surface area (TPSA) is 0 Å². The van der Waals surface area contributed by atoms with Gasteiger partial charge in [-0.05, 0) is 11.8 Å². The molecule has 0 unspecified atom stereocenters. The predicted molar refractivity (Wildman–Crippen MR) is 37.6 cm³/mol. The van der Waals surface area contributed by atoms with Crippen LogP contribution in [0.1, 0.15) is 33.6 Å². The molecule has 0 rings (SSSR count). The monoisotopic (exact) mass is 111 g/mol. The molecule has 0 heteroatoms. The molecule has 1 radical (unpaired) electrons. The molecular formula is C8H15. The smallest absolute Gasteiger partial charge is 0.0296 e. The molecule has 0 aliphatic heterocycles. The first-order chi connectivity index (χ1) is 3.62. The molecule has 0 amide bonds. The molecule has 0 aliphatic rings. The highest BCUT2D eigenvalue weighted by atomic mass is 14.2. The summed E-state index contributed by atoms with van der Waals surface area (Å²) >= 11 is 0. The van der Waals surface area contributed by atoms with Crippen molar-refractivity contribution in [2.24, 2.45) is 5.41 Å². The van der Waals surface area contributed by atoms with Crippen LogP contribution in [-0.2, 0) is 0 Å². The molecule has 0 heterocycles. The summed E-state index contributed by atoms with van der Waals surface area (Å²) in [6, 6.07) is 0. The van der Waals surface area contributed by atoms with Crippen LogP contribution < -0.4 is 0 Å². The average Bonchev–Trinajstić information content (AvgIpc) is 1.67. The van der Waals surface area contributed by atoms with Gasteiger partial charge in [-0.15, -0.1) is 0 Å². The zero-order valence-electron chi connectivity index (χ0n) is 6.07. The first kappa shape index (κ1) is 7.74. The van der Waals surface area contributed by atoms with Gasteiger partial charge in [0.2, 0.25) is 0 Å². The fraction of sp³-hybridized carbons (Fsp3) is 0.750. The fourth-order valence-electron chi connectivity index (χ4n) is 0.463. The third-order valence-electron chi connectivity index (χ3n) is 1.63. The van der Waals surface area contributed by atoms with E-state index in [-0.39, 0.29) is 0 Å². The van der Waals surface area contributed by atoms with Crippen LogP contribution in [-0.4, -0.2) is 0 Å². The van der Waals surface area contributed by atoms with Gasteiger partial charge in [0, 0.05) is 0 Å². The van der Waals surface area contributed by atoms with Crippen molar-refractivity contribution in [3.05, 3.63) is 12.7 Å². The summed E-state index contributed by atoms with van der Waals surface area (Å²) in [5.74, 6) is 0. The summed E-state index contributed by atoms with van der Waals surface area (Å²) in [4.78, 5) is 0. The minimum absolute atomic E-state index is 0.411. The first-order valence-electron chi connectivity index (χ1n) is 3.16. The molecule has 0 spiro atoms. The summed E-state index contributed by atoms with van der Waals surface area (Å²) in [5.41, 5.74) is 0.411. The van der Waals surface area contributed by atoms with Gasteiger partial charge in [0.05, 0.1) is 0 Å². The average molecular weight is 111 g/mol. The van der Waals surface area contributed by atoms with Crippen LogP contribution in [0.2, 0.25) is 0 Å². The maximum Gasteiger partial charge on any atom is -0.0296 e. The van der Waals surface area contributed by atoms with Crippen LogP contribution in [0.5, 0.6) is 0 Å². The van der Waals surface area contributed by atoms with Crippen molar-refractivity contribution in [2.45, 2.75) is 33.6 Å². The molecule has 0 bridgehead atoms. The van der Waals surface area contributed by atoms with E-state index in [9.17, 15) is 0 Å². The van der Waals surface area contributed by atoms with Gasteiger partial charge in [-0.25, -0.2) is 0 Å².